The normalized spacial score (nSPS) is 22.8. The van der Waals surface area contributed by atoms with Crippen LogP contribution in [-0.4, -0.2) is 9.55 Å². The molecule has 0 spiro atoms. The van der Waals surface area contributed by atoms with Crippen molar-refractivity contribution in [2.45, 2.75) is 56.5 Å². The molecule has 0 bridgehead atoms. The zero-order valence-corrected chi connectivity index (χ0v) is 11.3. The summed E-state index contributed by atoms with van der Waals surface area (Å²) in [6.07, 6.45) is 10.7. The van der Waals surface area contributed by atoms with E-state index < -0.39 is 0 Å². The molecule has 1 heterocycles. The minimum Gasteiger partial charge on any atom is -0.327 e. The second kappa shape index (κ2) is 4.07. The number of nitrogens with two attached hydrogens (primary N) is 1. The van der Waals surface area contributed by atoms with E-state index in [1.165, 1.54) is 43.2 Å². The first-order valence-corrected chi connectivity index (χ1v) is 7.52. The smallest absolute Gasteiger partial charge is 0.0960 e. The average molecular weight is 255 g/mol. The van der Waals surface area contributed by atoms with E-state index in [4.69, 9.17) is 5.73 Å². The Kier molecular flexibility index (Phi) is 2.46. The monoisotopic (exact) mass is 255 g/mol. The van der Waals surface area contributed by atoms with Gasteiger partial charge in [-0.25, -0.2) is 4.98 Å². The van der Waals surface area contributed by atoms with E-state index in [0.717, 1.165) is 18.4 Å². The first-order valence-electron chi connectivity index (χ1n) is 7.52. The van der Waals surface area contributed by atoms with Crippen LogP contribution in [0.1, 0.15) is 56.6 Å². The third kappa shape index (κ3) is 1.88. The van der Waals surface area contributed by atoms with Gasteiger partial charge in [0.05, 0.1) is 17.4 Å². The molecule has 1 aromatic carbocycles. The van der Waals surface area contributed by atoms with Crippen LogP contribution in [0, 0.1) is 0 Å². The van der Waals surface area contributed by atoms with Crippen molar-refractivity contribution in [2.75, 3.05) is 0 Å². The van der Waals surface area contributed by atoms with Crippen LogP contribution >= 0.6 is 0 Å². The largest absolute Gasteiger partial charge is 0.327 e. The molecule has 2 aliphatic carbocycles. The maximum absolute atomic E-state index is 6.62. The molecular weight excluding hydrogens is 234 g/mol. The molecule has 1 aromatic heterocycles. The zero-order valence-electron chi connectivity index (χ0n) is 11.3. The highest BCUT2D eigenvalue weighted by Gasteiger charge is 2.30. The highest BCUT2D eigenvalue weighted by atomic mass is 15.1. The Hall–Kier alpha value is -1.35. The topological polar surface area (TPSA) is 43.8 Å². The van der Waals surface area contributed by atoms with E-state index in [1.54, 1.807) is 0 Å². The van der Waals surface area contributed by atoms with E-state index in [-0.39, 0.29) is 5.54 Å². The van der Waals surface area contributed by atoms with Crippen LogP contribution in [0.3, 0.4) is 0 Å². The minimum atomic E-state index is -0.115. The highest BCUT2D eigenvalue weighted by Crippen LogP contribution is 2.39. The van der Waals surface area contributed by atoms with Crippen LogP contribution in [0.4, 0.5) is 0 Å². The van der Waals surface area contributed by atoms with Crippen molar-refractivity contribution in [2.24, 2.45) is 5.73 Å². The lowest BCUT2D eigenvalue weighted by molar-refractivity contribution is 0.302. The molecule has 2 N–H and O–H groups in total. The number of nitrogens with zero attached hydrogens (tertiary/aromatic N) is 2. The summed E-state index contributed by atoms with van der Waals surface area (Å²) in [4.78, 5) is 4.57. The van der Waals surface area contributed by atoms with Gasteiger partial charge in [-0.05, 0) is 43.4 Å². The standard InChI is InChI=1S/C16H21N3/c17-16(8-2-1-3-9-16)12-4-7-15-14(10-12)18-11-19(15)13-5-6-13/h4,7,10-11,13H,1-3,5-6,8-9,17H2. The molecule has 19 heavy (non-hydrogen) atoms. The van der Waals surface area contributed by atoms with Crippen LogP contribution in [0.2, 0.25) is 0 Å². The van der Waals surface area contributed by atoms with E-state index in [9.17, 15) is 0 Å². The molecule has 2 aliphatic rings. The molecule has 0 radical (unpaired) electrons. The average Bonchev–Trinajstić information content (AvgIpc) is 3.19. The summed E-state index contributed by atoms with van der Waals surface area (Å²) in [5.74, 6) is 0. The molecule has 2 aromatic rings. The van der Waals surface area contributed by atoms with E-state index >= 15 is 0 Å². The number of benzene rings is 1. The summed E-state index contributed by atoms with van der Waals surface area (Å²) < 4.78 is 2.32. The van der Waals surface area contributed by atoms with E-state index in [2.05, 4.69) is 27.8 Å². The molecule has 0 saturated heterocycles. The minimum absolute atomic E-state index is 0.115. The van der Waals surface area contributed by atoms with Crippen molar-refractivity contribution in [3.63, 3.8) is 0 Å². The summed E-state index contributed by atoms with van der Waals surface area (Å²) >= 11 is 0. The molecule has 0 amide bonds. The maximum atomic E-state index is 6.62. The van der Waals surface area contributed by atoms with Crippen molar-refractivity contribution >= 4 is 11.0 Å². The van der Waals surface area contributed by atoms with Gasteiger partial charge in [-0.1, -0.05) is 25.3 Å². The van der Waals surface area contributed by atoms with Gasteiger partial charge in [0.2, 0.25) is 0 Å². The number of fused-ring (bicyclic) bond motifs is 1. The van der Waals surface area contributed by atoms with Crippen molar-refractivity contribution < 1.29 is 0 Å². The fraction of sp³-hybridized carbons (Fsp3) is 0.562. The third-order valence-electron chi connectivity index (χ3n) is 4.84. The summed E-state index contributed by atoms with van der Waals surface area (Å²) in [5.41, 5.74) is 10.2. The van der Waals surface area contributed by atoms with Crippen LogP contribution in [0.15, 0.2) is 24.5 Å². The second-order valence-electron chi connectivity index (χ2n) is 6.30. The maximum Gasteiger partial charge on any atom is 0.0960 e. The van der Waals surface area contributed by atoms with Gasteiger partial charge in [0.25, 0.3) is 0 Å². The van der Waals surface area contributed by atoms with Crippen molar-refractivity contribution in [3.05, 3.63) is 30.1 Å². The number of imidazole rings is 1. The molecule has 4 rings (SSSR count). The Morgan fingerprint density at radius 1 is 1.16 bits per heavy atom. The molecule has 100 valence electrons. The first kappa shape index (κ1) is 11.5. The zero-order chi connectivity index (χ0) is 12.9. The Balaban J connectivity index is 1.75. The summed E-state index contributed by atoms with van der Waals surface area (Å²) in [6.45, 7) is 0. The van der Waals surface area contributed by atoms with Crippen LogP contribution < -0.4 is 5.73 Å². The Morgan fingerprint density at radius 2 is 1.95 bits per heavy atom. The lowest BCUT2D eigenvalue weighted by Crippen LogP contribution is -2.38. The molecule has 2 saturated carbocycles. The Bertz CT molecular complexity index is 603. The summed E-state index contributed by atoms with van der Waals surface area (Å²) in [5, 5.41) is 0. The quantitative estimate of drug-likeness (QED) is 0.892. The van der Waals surface area contributed by atoms with Crippen molar-refractivity contribution in [1.29, 1.82) is 0 Å². The Labute approximate surface area is 113 Å². The number of hydrogen-bond donors (Lipinski definition) is 1. The fourth-order valence-corrected chi connectivity index (χ4v) is 3.46. The Morgan fingerprint density at radius 3 is 2.68 bits per heavy atom. The fourth-order valence-electron chi connectivity index (χ4n) is 3.46. The van der Waals surface area contributed by atoms with E-state index in [1.807, 2.05) is 6.33 Å². The van der Waals surface area contributed by atoms with Gasteiger partial charge < -0.3 is 10.3 Å². The van der Waals surface area contributed by atoms with Gasteiger partial charge in [-0.3, -0.25) is 0 Å². The number of aromatic nitrogens is 2. The molecule has 3 nitrogen and oxygen atoms in total. The molecular formula is C16H21N3. The van der Waals surface area contributed by atoms with Gasteiger partial charge in [0, 0.05) is 11.6 Å². The first-order chi connectivity index (χ1) is 9.26. The second-order valence-corrected chi connectivity index (χ2v) is 6.30. The molecule has 0 atom stereocenters. The predicted octanol–water partition coefficient (Wildman–Crippen LogP) is 3.49. The summed E-state index contributed by atoms with van der Waals surface area (Å²) in [7, 11) is 0. The lowest BCUT2D eigenvalue weighted by atomic mass is 9.77. The van der Waals surface area contributed by atoms with E-state index in [0.29, 0.717) is 6.04 Å². The highest BCUT2D eigenvalue weighted by molar-refractivity contribution is 5.76. The van der Waals surface area contributed by atoms with Gasteiger partial charge in [-0.2, -0.15) is 0 Å². The van der Waals surface area contributed by atoms with Crippen molar-refractivity contribution in [3.8, 4) is 0 Å². The van der Waals surface area contributed by atoms with Crippen LogP contribution in [-0.2, 0) is 5.54 Å². The molecule has 0 aliphatic heterocycles. The third-order valence-corrected chi connectivity index (χ3v) is 4.84. The molecule has 3 heteroatoms. The summed E-state index contributed by atoms with van der Waals surface area (Å²) in [6, 6.07) is 7.37. The SMILES string of the molecule is NC1(c2ccc3c(c2)ncn3C2CC2)CCCCC1. The predicted molar refractivity (Wildman–Crippen MR) is 77.0 cm³/mol. The molecule has 2 fully saturated rings. The van der Waals surface area contributed by atoms with Crippen LogP contribution in [0.25, 0.3) is 11.0 Å². The van der Waals surface area contributed by atoms with Gasteiger partial charge in [-0.15, -0.1) is 0 Å². The lowest BCUT2D eigenvalue weighted by Gasteiger charge is -2.34. The van der Waals surface area contributed by atoms with Crippen LogP contribution in [0.5, 0.6) is 0 Å². The van der Waals surface area contributed by atoms with Gasteiger partial charge in [0.1, 0.15) is 0 Å². The molecule has 0 unspecified atom stereocenters. The van der Waals surface area contributed by atoms with Gasteiger partial charge >= 0.3 is 0 Å². The number of rotatable bonds is 2. The van der Waals surface area contributed by atoms with Gasteiger partial charge in [0.15, 0.2) is 0 Å². The van der Waals surface area contributed by atoms with Crippen molar-refractivity contribution in [1.82, 2.24) is 9.55 Å². The number of hydrogen-bond acceptors (Lipinski definition) is 2.